The molecule has 224 valence electrons. The maximum Gasteiger partial charge on any atom is 0.335 e. The van der Waals surface area contributed by atoms with E-state index in [1.54, 1.807) is 0 Å². The molecule has 0 atom stereocenters. The van der Waals surface area contributed by atoms with Crippen LogP contribution in [0.2, 0.25) is 0 Å². The van der Waals surface area contributed by atoms with Crippen molar-refractivity contribution in [1.82, 2.24) is 0 Å². The van der Waals surface area contributed by atoms with E-state index in [1.165, 1.54) is 105 Å². The van der Waals surface area contributed by atoms with Crippen molar-refractivity contribution in [3.05, 3.63) is 71.3 Å². The summed E-state index contributed by atoms with van der Waals surface area (Å²) >= 11 is 0. The minimum Gasteiger partial charge on any atom is -0.462 e. The first-order valence-corrected chi connectivity index (χ1v) is 16.7. The summed E-state index contributed by atoms with van der Waals surface area (Å²) in [5.74, 6) is 3.20. The average molecular weight is 559 g/mol. The monoisotopic (exact) mass is 558 g/mol. The van der Waals surface area contributed by atoms with E-state index in [2.05, 4.69) is 62.9 Å². The van der Waals surface area contributed by atoms with Crippen LogP contribution in [0.15, 0.2) is 54.6 Å². The lowest BCUT2D eigenvalue weighted by molar-refractivity contribution is -0.139. The Morgan fingerprint density at radius 1 is 0.878 bits per heavy atom. The SMILES string of the molecule is C=C(CO)C(=O)OCCCc1ccc(-c2ccc(C3CCC(C4CCC(CCCCC)CC4)CC3)cc2)c(CC)c1. The third-order valence-corrected chi connectivity index (χ3v) is 10.1. The normalized spacial score (nSPS) is 22.8. The van der Waals surface area contributed by atoms with Crippen molar-refractivity contribution in [3.8, 4) is 11.1 Å². The van der Waals surface area contributed by atoms with Crippen LogP contribution in [0.3, 0.4) is 0 Å². The van der Waals surface area contributed by atoms with Gasteiger partial charge in [-0.2, -0.15) is 0 Å². The second kappa shape index (κ2) is 16.3. The number of aryl methyl sites for hydroxylation is 2. The highest BCUT2D eigenvalue weighted by Crippen LogP contribution is 2.44. The first-order chi connectivity index (χ1) is 20.0. The standard InChI is InChI=1S/C38H54O3/c1-4-6-7-9-29-11-14-32(15-12-29)33-16-18-34(19-17-33)35-20-22-36(23-21-35)37-24-13-30(26-31(37)5-2)10-8-25-41-38(40)28(3)27-39/h13,20-24,26,29,32-34,39H,3-12,14-19,25,27H2,1-2H3. The van der Waals surface area contributed by atoms with Crippen molar-refractivity contribution in [1.29, 1.82) is 0 Å². The summed E-state index contributed by atoms with van der Waals surface area (Å²) in [6, 6.07) is 16.2. The number of hydrogen-bond acceptors (Lipinski definition) is 3. The van der Waals surface area contributed by atoms with Crippen LogP contribution in [-0.4, -0.2) is 24.3 Å². The maximum absolute atomic E-state index is 11.7. The molecule has 2 fully saturated rings. The van der Waals surface area contributed by atoms with Gasteiger partial charge in [0.1, 0.15) is 0 Å². The van der Waals surface area contributed by atoms with Crippen LogP contribution in [0.5, 0.6) is 0 Å². The highest BCUT2D eigenvalue weighted by atomic mass is 16.5. The number of aliphatic hydroxyl groups excluding tert-OH is 1. The van der Waals surface area contributed by atoms with E-state index in [9.17, 15) is 4.79 Å². The lowest BCUT2D eigenvalue weighted by Gasteiger charge is -2.38. The molecule has 2 aromatic carbocycles. The lowest BCUT2D eigenvalue weighted by atomic mass is 9.68. The van der Waals surface area contributed by atoms with E-state index in [1.807, 2.05) is 0 Å². The third kappa shape index (κ3) is 9.05. The van der Waals surface area contributed by atoms with E-state index in [-0.39, 0.29) is 12.2 Å². The molecule has 2 aliphatic rings. The van der Waals surface area contributed by atoms with Gasteiger partial charge in [-0.05, 0) is 109 Å². The number of carbonyl (C=O) groups excluding carboxylic acids is 1. The number of hydrogen-bond donors (Lipinski definition) is 1. The summed E-state index contributed by atoms with van der Waals surface area (Å²) < 4.78 is 5.18. The van der Waals surface area contributed by atoms with E-state index < -0.39 is 5.97 Å². The Morgan fingerprint density at radius 2 is 1.56 bits per heavy atom. The van der Waals surface area contributed by atoms with Gasteiger partial charge in [-0.25, -0.2) is 4.79 Å². The van der Waals surface area contributed by atoms with Gasteiger partial charge in [0.2, 0.25) is 0 Å². The van der Waals surface area contributed by atoms with Gasteiger partial charge in [-0.3, -0.25) is 0 Å². The van der Waals surface area contributed by atoms with E-state index >= 15 is 0 Å². The van der Waals surface area contributed by atoms with Crippen LogP contribution in [0.1, 0.15) is 120 Å². The van der Waals surface area contributed by atoms with E-state index in [0.29, 0.717) is 6.61 Å². The molecule has 3 nitrogen and oxygen atoms in total. The fraction of sp³-hybridized carbons (Fsp3) is 0.605. The number of carbonyl (C=O) groups is 1. The molecule has 0 bridgehead atoms. The number of unbranched alkanes of at least 4 members (excludes halogenated alkanes) is 2. The molecule has 0 spiro atoms. The molecule has 0 heterocycles. The van der Waals surface area contributed by atoms with Crippen LogP contribution < -0.4 is 0 Å². The molecule has 2 aromatic rings. The second-order valence-corrected chi connectivity index (χ2v) is 12.9. The molecule has 1 N–H and O–H groups in total. The number of esters is 1. The Bertz CT molecular complexity index is 1090. The van der Waals surface area contributed by atoms with Crippen molar-refractivity contribution in [3.63, 3.8) is 0 Å². The smallest absolute Gasteiger partial charge is 0.335 e. The summed E-state index contributed by atoms with van der Waals surface area (Å²) in [7, 11) is 0. The number of aliphatic hydroxyl groups is 1. The van der Waals surface area contributed by atoms with Crippen LogP contribution in [0, 0.1) is 17.8 Å². The zero-order valence-corrected chi connectivity index (χ0v) is 25.8. The van der Waals surface area contributed by atoms with Crippen molar-refractivity contribution < 1.29 is 14.6 Å². The summed E-state index contributed by atoms with van der Waals surface area (Å²) in [6.45, 7) is 8.02. The summed E-state index contributed by atoms with van der Waals surface area (Å²) in [4.78, 5) is 11.7. The summed E-state index contributed by atoms with van der Waals surface area (Å²) in [6.07, 6.45) is 19.8. The van der Waals surface area contributed by atoms with Crippen molar-refractivity contribution in [2.45, 2.75) is 116 Å². The van der Waals surface area contributed by atoms with Crippen molar-refractivity contribution >= 4 is 5.97 Å². The minimum atomic E-state index is -0.510. The van der Waals surface area contributed by atoms with Gasteiger partial charge >= 0.3 is 5.97 Å². The Morgan fingerprint density at radius 3 is 2.20 bits per heavy atom. The first kappa shape index (κ1) is 31.5. The van der Waals surface area contributed by atoms with Gasteiger partial charge in [0.15, 0.2) is 0 Å². The summed E-state index contributed by atoms with van der Waals surface area (Å²) in [5.41, 5.74) is 6.88. The van der Waals surface area contributed by atoms with Gasteiger partial charge in [-0.1, -0.05) is 101 Å². The molecule has 0 aliphatic heterocycles. The predicted molar refractivity (Wildman–Crippen MR) is 171 cm³/mol. The van der Waals surface area contributed by atoms with Gasteiger partial charge < -0.3 is 9.84 Å². The first-order valence-electron chi connectivity index (χ1n) is 16.7. The summed E-state index contributed by atoms with van der Waals surface area (Å²) in [5, 5.41) is 8.98. The molecule has 0 unspecified atom stereocenters. The molecule has 0 saturated heterocycles. The van der Waals surface area contributed by atoms with Gasteiger partial charge in [-0.15, -0.1) is 0 Å². The Labute approximate surface area is 249 Å². The fourth-order valence-corrected chi connectivity index (χ4v) is 7.47. The zero-order chi connectivity index (χ0) is 29.0. The number of benzene rings is 2. The lowest BCUT2D eigenvalue weighted by Crippen LogP contribution is -2.25. The molecule has 2 saturated carbocycles. The van der Waals surface area contributed by atoms with Gasteiger partial charge in [0.05, 0.1) is 18.8 Å². The second-order valence-electron chi connectivity index (χ2n) is 12.9. The molecule has 3 heteroatoms. The average Bonchev–Trinajstić information content (AvgIpc) is 3.03. The largest absolute Gasteiger partial charge is 0.462 e. The highest BCUT2D eigenvalue weighted by Gasteiger charge is 2.31. The predicted octanol–water partition coefficient (Wildman–Crippen LogP) is 9.60. The Hall–Kier alpha value is -2.39. The van der Waals surface area contributed by atoms with Gasteiger partial charge in [0, 0.05) is 0 Å². The zero-order valence-electron chi connectivity index (χ0n) is 25.8. The number of ether oxygens (including phenoxy) is 1. The third-order valence-electron chi connectivity index (χ3n) is 10.1. The van der Waals surface area contributed by atoms with Crippen molar-refractivity contribution in [2.75, 3.05) is 13.2 Å². The number of rotatable bonds is 14. The Kier molecular flexibility index (Phi) is 12.5. The van der Waals surface area contributed by atoms with Crippen LogP contribution in [-0.2, 0) is 22.4 Å². The molecule has 4 rings (SSSR count). The van der Waals surface area contributed by atoms with E-state index in [0.717, 1.165) is 42.9 Å². The molecule has 41 heavy (non-hydrogen) atoms. The molecule has 0 aromatic heterocycles. The van der Waals surface area contributed by atoms with E-state index in [4.69, 9.17) is 9.84 Å². The van der Waals surface area contributed by atoms with Gasteiger partial charge in [0.25, 0.3) is 0 Å². The quantitative estimate of drug-likeness (QED) is 0.143. The van der Waals surface area contributed by atoms with Crippen LogP contribution in [0.4, 0.5) is 0 Å². The maximum atomic E-state index is 11.7. The van der Waals surface area contributed by atoms with Crippen LogP contribution >= 0.6 is 0 Å². The fourth-order valence-electron chi connectivity index (χ4n) is 7.47. The topological polar surface area (TPSA) is 46.5 Å². The molecular weight excluding hydrogens is 504 g/mol. The van der Waals surface area contributed by atoms with Crippen molar-refractivity contribution in [2.24, 2.45) is 17.8 Å². The molecule has 0 amide bonds. The highest BCUT2D eigenvalue weighted by molar-refractivity contribution is 5.87. The molecular formula is C38H54O3. The molecule has 0 radical (unpaired) electrons. The van der Waals surface area contributed by atoms with Crippen LogP contribution in [0.25, 0.3) is 11.1 Å². The Balaban J connectivity index is 1.25. The minimum absolute atomic E-state index is 0.104. The molecule has 2 aliphatic carbocycles.